The largest absolute Gasteiger partial charge is 0.303 e. The van der Waals surface area contributed by atoms with Crippen molar-refractivity contribution in [1.29, 1.82) is 0 Å². The Kier molecular flexibility index (Phi) is 3.58. The molecule has 0 unspecified atom stereocenters. The van der Waals surface area contributed by atoms with E-state index in [-0.39, 0.29) is 5.54 Å². The van der Waals surface area contributed by atoms with E-state index in [2.05, 4.69) is 56.8 Å². The van der Waals surface area contributed by atoms with Crippen LogP contribution in [0.2, 0.25) is 0 Å². The van der Waals surface area contributed by atoms with E-state index in [9.17, 15) is 0 Å². The molecule has 2 heteroatoms. The van der Waals surface area contributed by atoms with Crippen molar-refractivity contribution in [3.63, 3.8) is 0 Å². The molecule has 0 bridgehead atoms. The van der Waals surface area contributed by atoms with Crippen LogP contribution in [0, 0.1) is 17.8 Å². The minimum absolute atomic E-state index is 0.0454. The van der Waals surface area contributed by atoms with Crippen LogP contribution in [0.1, 0.15) is 27.7 Å². The molecule has 0 aromatic heterocycles. The Balaban J connectivity index is 2.39. The number of nitrogens with zero attached hydrogens (tertiary/aromatic N) is 1. The van der Waals surface area contributed by atoms with Gasteiger partial charge in [0.25, 0.3) is 0 Å². The van der Waals surface area contributed by atoms with Crippen molar-refractivity contribution in [3.05, 3.63) is 0 Å². The van der Waals surface area contributed by atoms with Gasteiger partial charge in [-0.15, -0.1) is 0 Å². The minimum atomic E-state index is -0.0454. The number of hydrogen-bond acceptors (Lipinski definition) is 2. The summed E-state index contributed by atoms with van der Waals surface area (Å²) in [6.07, 6.45) is 0. The molecule has 0 amide bonds. The minimum Gasteiger partial charge on any atom is -0.303 e. The van der Waals surface area contributed by atoms with E-state index in [0.29, 0.717) is 12.0 Å². The summed E-state index contributed by atoms with van der Waals surface area (Å²) in [7, 11) is 2.14. The highest BCUT2D eigenvalue weighted by Crippen LogP contribution is 2.10. The Morgan fingerprint density at radius 3 is 2.36 bits per heavy atom. The van der Waals surface area contributed by atoms with Gasteiger partial charge in [-0.1, -0.05) is 25.7 Å². The maximum Gasteiger partial charge on any atom is 0.0747 e. The highest BCUT2D eigenvalue weighted by Gasteiger charge is 2.27. The summed E-state index contributed by atoms with van der Waals surface area (Å²) >= 11 is 0. The van der Waals surface area contributed by atoms with E-state index in [1.54, 1.807) is 0 Å². The average Bonchev–Trinajstić information content (AvgIpc) is 1.98. The first-order valence-electron chi connectivity index (χ1n) is 5.38. The van der Waals surface area contributed by atoms with Crippen molar-refractivity contribution in [2.75, 3.05) is 20.1 Å². The summed E-state index contributed by atoms with van der Waals surface area (Å²) < 4.78 is 0. The lowest BCUT2D eigenvalue weighted by atomic mass is 10.0. The summed E-state index contributed by atoms with van der Waals surface area (Å²) in [6.45, 7) is 10.8. The topological polar surface area (TPSA) is 15.3 Å². The molecule has 1 fully saturated rings. The van der Waals surface area contributed by atoms with Crippen molar-refractivity contribution in [2.24, 2.45) is 5.92 Å². The van der Waals surface area contributed by atoms with Gasteiger partial charge in [0.15, 0.2) is 0 Å². The second kappa shape index (κ2) is 4.33. The SMILES string of the molecule is CC(C)C#CC(C)(C)NC1CN(C)C1. The zero-order valence-electron chi connectivity index (χ0n) is 10.0. The number of hydrogen-bond donors (Lipinski definition) is 1. The molecule has 80 valence electrons. The van der Waals surface area contributed by atoms with Crippen LogP contribution < -0.4 is 5.32 Å². The first kappa shape index (κ1) is 11.6. The number of likely N-dealkylation sites (tertiary alicyclic amines) is 1. The number of likely N-dealkylation sites (N-methyl/N-ethyl adjacent to an activating group) is 1. The molecule has 1 aliphatic rings. The molecule has 0 aromatic rings. The Bertz CT molecular complexity index is 239. The zero-order valence-corrected chi connectivity index (χ0v) is 10.0. The lowest BCUT2D eigenvalue weighted by molar-refractivity contribution is 0.145. The van der Waals surface area contributed by atoms with Crippen molar-refractivity contribution in [2.45, 2.75) is 39.3 Å². The van der Waals surface area contributed by atoms with Crippen LogP contribution in [0.3, 0.4) is 0 Å². The molecule has 2 nitrogen and oxygen atoms in total. The van der Waals surface area contributed by atoms with Gasteiger partial charge in [-0.2, -0.15) is 0 Å². The smallest absolute Gasteiger partial charge is 0.0747 e. The van der Waals surface area contributed by atoms with Gasteiger partial charge in [0.05, 0.1) is 5.54 Å². The Morgan fingerprint density at radius 2 is 1.93 bits per heavy atom. The van der Waals surface area contributed by atoms with Crippen LogP contribution in [0.15, 0.2) is 0 Å². The van der Waals surface area contributed by atoms with Crippen molar-refractivity contribution in [1.82, 2.24) is 10.2 Å². The lowest BCUT2D eigenvalue weighted by Gasteiger charge is -2.40. The van der Waals surface area contributed by atoms with Gasteiger partial charge < -0.3 is 4.90 Å². The predicted octanol–water partition coefficient (Wildman–Crippen LogP) is 1.33. The van der Waals surface area contributed by atoms with Crippen LogP contribution in [-0.2, 0) is 0 Å². The van der Waals surface area contributed by atoms with Gasteiger partial charge >= 0.3 is 0 Å². The highest BCUT2D eigenvalue weighted by molar-refractivity contribution is 5.16. The van der Waals surface area contributed by atoms with E-state index >= 15 is 0 Å². The molecular weight excluding hydrogens is 172 g/mol. The Labute approximate surface area is 88.1 Å². The highest BCUT2D eigenvalue weighted by atomic mass is 15.2. The van der Waals surface area contributed by atoms with Crippen LogP contribution >= 0.6 is 0 Å². The van der Waals surface area contributed by atoms with E-state index in [0.717, 1.165) is 13.1 Å². The van der Waals surface area contributed by atoms with E-state index < -0.39 is 0 Å². The summed E-state index contributed by atoms with van der Waals surface area (Å²) in [5, 5.41) is 3.56. The van der Waals surface area contributed by atoms with Crippen molar-refractivity contribution >= 4 is 0 Å². The second-order valence-corrected chi connectivity index (χ2v) is 5.11. The monoisotopic (exact) mass is 194 g/mol. The Morgan fingerprint density at radius 1 is 1.36 bits per heavy atom. The number of nitrogens with one attached hydrogen (secondary N) is 1. The van der Waals surface area contributed by atoms with Gasteiger partial charge in [-0.3, -0.25) is 5.32 Å². The van der Waals surface area contributed by atoms with Gasteiger partial charge in [0.2, 0.25) is 0 Å². The molecule has 0 aromatic carbocycles. The first-order chi connectivity index (χ1) is 6.39. The molecule has 14 heavy (non-hydrogen) atoms. The molecule has 1 saturated heterocycles. The van der Waals surface area contributed by atoms with Crippen molar-refractivity contribution in [3.8, 4) is 11.8 Å². The third-order valence-electron chi connectivity index (χ3n) is 2.30. The molecular formula is C12H22N2. The number of rotatable bonds is 2. The fourth-order valence-electron chi connectivity index (χ4n) is 1.66. The zero-order chi connectivity index (χ0) is 10.8. The van der Waals surface area contributed by atoms with E-state index in [4.69, 9.17) is 0 Å². The van der Waals surface area contributed by atoms with Crippen LogP contribution in [0.4, 0.5) is 0 Å². The van der Waals surface area contributed by atoms with E-state index in [1.807, 2.05) is 0 Å². The summed E-state index contributed by atoms with van der Waals surface area (Å²) in [4.78, 5) is 2.31. The third kappa shape index (κ3) is 3.69. The van der Waals surface area contributed by atoms with Gasteiger partial charge in [0, 0.05) is 25.0 Å². The van der Waals surface area contributed by atoms with E-state index in [1.165, 1.54) is 0 Å². The summed E-state index contributed by atoms with van der Waals surface area (Å²) in [5.74, 6) is 6.98. The summed E-state index contributed by atoms with van der Waals surface area (Å²) in [6, 6.07) is 0.622. The van der Waals surface area contributed by atoms with Crippen LogP contribution in [0.5, 0.6) is 0 Å². The molecule has 1 heterocycles. The molecule has 0 atom stereocenters. The standard InChI is InChI=1S/C12H22N2/c1-10(2)6-7-12(3,4)13-11-8-14(5)9-11/h10-11,13H,8-9H2,1-5H3. The molecule has 0 saturated carbocycles. The van der Waals surface area contributed by atoms with Gasteiger partial charge in [0.1, 0.15) is 0 Å². The fourth-order valence-corrected chi connectivity index (χ4v) is 1.66. The van der Waals surface area contributed by atoms with Crippen LogP contribution in [-0.4, -0.2) is 36.6 Å². The maximum atomic E-state index is 3.56. The molecule has 0 aliphatic carbocycles. The molecule has 1 N–H and O–H groups in total. The molecule has 0 spiro atoms. The fraction of sp³-hybridized carbons (Fsp3) is 0.833. The van der Waals surface area contributed by atoms with Gasteiger partial charge in [-0.25, -0.2) is 0 Å². The van der Waals surface area contributed by atoms with Gasteiger partial charge in [-0.05, 0) is 20.9 Å². The Hall–Kier alpha value is -0.520. The average molecular weight is 194 g/mol. The molecule has 0 radical (unpaired) electrons. The second-order valence-electron chi connectivity index (χ2n) is 5.11. The predicted molar refractivity (Wildman–Crippen MR) is 61.1 cm³/mol. The lowest BCUT2D eigenvalue weighted by Crippen LogP contribution is -2.61. The van der Waals surface area contributed by atoms with Crippen molar-refractivity contribution < 1.29 is 0 Å². The third-order valence-corrected chi connectivity index (χ3v) is 2.30. The maximum absolute atomic E-state index is 3.56. The molecule has 1 aliphatic heterocycles. The molecule has 1 rings (SSSR count). The first-order valence-corrected chi connectivity index (χ1v) is 5.38. The quantitative estimate of drug-likeness (QED) is 0.667. The summed E-state index contributed by atoms with van der Waals surface area (Å²) in [5.41, 5.74) is -0.0454. The van der Waals surface area contributed by atoms with Crippen LogP contribution in [0.25, 0.3) is 0 Å². The normalized spacial score (nSPS) is 19.0.